The highest BCUT2D eigenvalue weighted by molar-refractivity contribution is 4.54. The van der Waals surface area contributed by atoms with Gasteiger partial charge in [0.05, 0.1) is 39.9 Å². The molecule has 0 saturated heterocycles. The largest absolute Gasteiger partial charge is 1.00 e. The van der Waals surface area contributed by atoms with E-state index >= 15 is 0 Å². The van der Waals surface area contributed by atoms with Crippen LogP contribution >= 0.6 is 0 Å². The standard InChI is InChI=1S/C11H26NO2.BrH/c1-11(2,3)14-13-10-8-7-9-12(4,5)6;/h7-10H2,1-6H3;1H/q+1;/p-1. The van der Waals surface area contributed by atoms with Gasteiger partial charge in [0.1, 0.15) is 0 Å². The number of quaternary nitrogens is 1. The summed E-state index contributed by atoms with van der Waals surface area (Å²) in [7, 11) is 6.60. The van der Waals surface area contributed by atoms with Gasteiger partial charge in [-0.15, -0.1) is 0 Å². The second-order valence-corrected chi connectivity index (χ2v) is 5.74. The summed E-state index contributed by atoms with van der Waals surface area (Å²) in [5.41, 5.74) is -0.194. The van der Waals surface area contributed by atoms with Crippen molar-refractivity contribution in [2.45, 2.75) is 39.2 Å². The topological polar surface area (TPSA) is 18.5 Å². The molecule has 0 spiro atoms. The Hall–Kier alpha value is 0.360. The first-order valence-electron chi connectivity index (χ1n) is 5.32. The van der Waals surface area contributed by atoms with Crippen molar-refractivity contribution in [2.24, 2.45) is 0 Å². The van der Waals surface area contributed by atoms with Gasteiger partial charge in [-0.2, -0.15) is 0 Å². The van der Waals surface area contributed by atoms with E-state index in [-0.39, 0.29) is 22.6 Å². The Bertz CT molecular complexity index is 132. The molecule has 0 radical (unpaired) electrons. The van der Waals surface area contributed by atoms with Crippen LogP contribution in [0.3, 0.4) is 0 Å². The maximum atomic E-state index is 5.16. The van der Waals surface area contributed by atoms with Crippen LogP contribution in [-0.4, -0.2) is 44.4 Å². The number of hydrogen-bond donors (Lipinski definition) is 0. The van der Waals surface area contributed by atoms with E-state index in [0.717, 1.165) is 10.9 Å². The van der Waals surface area contributed by atoms with Gasteiger partial charge >= 0.3 is 0 Å². The first kappa shape index (κ1) is 17.7. The molecule has 94 valence electrons. The third-order valence-electron chi connectivity index (χ3n) is 1.62. The van der Waals surface area contributed by atoms with Crippen molar-refractivity contribution in [2.75, 3.05) is 34.3 Å². The summed E-state index contributed by atoms with van der Waals surface area (Å²) in [6.07, 6.45) is 2.24. The van der Waals surface area contributed by atoms with E-state index in [1.165, 1.54) is 13.0 Å². The third-order valence-corrected chi connectivity index (χ3v) is 1.62. The van der Waals surface area contributed by atoms with Crippen molar-refractivity contribution in [3.05, 3.63) is 0 Å². The molecule has 0 atom stereocenters. The van der Waals surface area contributed by atoms with Crippen molar-refractivity contribution in [3.63, 3.8) is 0 Å². The molecule has 0 saturated carbocycles. The number of rotatable bonds is 6. The SMILES string of the molecule is CC(C)(C)OOCCCC[N+](C)(C)C.[Br-]. The molecule has 0 unspecified atom stereocenters. The predicted octanol–water partition coefficient (Wildman–Crippen LogP) is -0.776. The van der Waals surface area contributed by atoms with Crippen molar-refractivity contribution < 1.29 is 31.2 Å². The first-order valence-corrected chi connectivity index (χ1v) is 5.32. The summed E-state index contributed by atoms with van der Waals surface area (Å²) < 4.78 is 1.01. The Morgan fingerprint density at radius 2 is 1.53 bits per heavy atom. The first-order chi connectivity index (χ1) is 6.21. The van der Waals surface area contributed by atoms with E-state index < -0.39 is 0 Å². The van der Waals surface area contributed by atoms with Crippen LogP contribution in [0.1, 0.15) is 33.6 Å². The number of hydrogen-bond acceptors (Lipinski definition) is 2. The molecule has 4 heteroatoms. The fourth-order valence-electron chi connectivity index (χ4n) is 0.966. The Morgan fingerprint density at radius 3 is 1.93 bits per heavy atom. The average Bonchev–Trinajstić information content (AvgIpc) is 1.92. The van der Waals surface area contributed by atoms with Gasteiger partial charge in [-0.3, -0.25) is 0 Å². The summed E-state index contributed by atoms with van der Waals surface area (Å²) >= 11 is 0. The molecule has 0 heterocycles. The average molecular weight is 284 g/mol. The molecule has 0 aliphatic heterocycles. The van der Waals surface area contributed by atoms with Crippen LogP contribution < -0.4 is 17.0 Å². The molecular weight excluding hydrogens is 258 g/mol. The van der Waals surface area contributed by atoms with Gasteiger partial charge in [-0.1, -0.05) is 0 Å². The Labute approximate surface area is 105 Å². The second-order valence-electron chi connectivity index (χ2n) is 5.74. The number of unbranched alkanes of at least 4 members (excludes halogenated alkanes) is 1. The number of nitrogens with zero attached hydrogens (tertiary/aromatic N) is 1. The van der Waals surface area contributed by atoms with Crippen LogP contribution in [0, 0.1) is 0 Å². The highest BCUT2D eigenvalue weighted by Gasteiger charge is 2.11. The van der Waals surface area contributed by atoms with Crippen molar-refractivity contribution in [1.29, 1.82) is 0 Å². The molecule has 0 N–H and O–H groups in total. The fourth-order valence-corrected chi connectivity index (χ4v) is 0.966. The highest BCUT2D eigenvalue weighted by atomic mass is 79.9. The van der Waals surface area contributed by atoms with E-state index in [2.05, 4.69) is 21.1 Å². The molecular formula is C11H26BrNO2. The summed E-state index contributed by atoms with van der Waals surface area (Å²) in [5, 5.41) is 0. The van der Waals surface area contributed by atoms with Gasteiger partial charge in [0.25, 0.3) is 0 Å². The fraction of sp³-hybridized carbons (Fsp3) is 1.00. The number of halogens is 1. The van der Waals surface area contributed by atoms with E-state index in [9.17, 15) is 0 Å². The van der Waals surface area contributed by atoms with Gasteiger partial charge < -0.3 is 21.5 Å². The van der Waals surface area contributed by atoms with E-state index in [0.29, 0.717) is 6.61 Å². The molecule has 0 aromatic carbocycles. The Morgan fingerprint density at radius 1 is 1.00 bits per heavy atom. The Balaban J connectivity index is 0. The van der Waals surface area contributed by atoms with Crippen LogP contribution in [0.4, 0.5) is 0 Å². The minimum absolute atomic E-state index is 0. The maximum absolute atomic E-state index is 5.16. The van der Waals surface area contributed by atoms with Gasteiger partial charge in [0.15, 0.2) is 0 Å². The zero-order valence-corrected chi connectivity index (χ0v) is 12.6. The molecule has 3 nitrogen and oxygen atoms in total. The normalized spacial score (nSPS) is 12.4. The van der Waals surface area contributed by atoms with Gasteiger partial charge in [0.2, 0.25) is 0 Å². The molecule has 0 fully saturated rings. The third kappa shape index (κ3) is 17.0. The summed E-state index contributed by atoms with van der Waals surface area (Å²) in [4.78, 5) is 10.3. The smallest absolute Gasteiger partial charge is 0.0952 e. The maximum Gasteiger partial charge on any atom is 0.0952 e. The molecule has 0 amide bonds. The molecule has 0 aliphatic rings. The lowest BCUT2D eigenvalue weighted by molar-refractivity contribution is -0.870. The molecule has 0 bridgehead atoms. The zero-order chi connectivity index (χ0) is 11.2. The lowest BCUT2D eigenvalue weighted by Crippen LogP contribution is -3.00. The minimum atomic E-state index is -0.194. The lowest BCUT2D eigenvalue weighted by Gasteiger charge is -2.23. The summed E-state index contributed by atoms with van der Waals surface area (Å²) in [6, 6.07) is 0. The summed E-state index contributed by atoms with van der Waals surface area (Å²) in [5.74, 6) is 0. The molecule has 15 heavy (non-hydrogen) atoms. The Kier molecular flexibility index (Phi) is 9.00. The van der Waals surface area contributed by atoms with Gasteiger partial charge in [-0.05, 0) is 33.6 Å². The van der Waals surface area contributed by atoms with Crippen LogP contribution in [0.2, 0.25) is 0 Å². The van der Waals surface area contributed by atoms with Crippen molar-refractivity contribution in [1.82, 2.24) is 0 Å². The zero-order valence-electron chi connectivity index (χ0n) is 11.0. The van der Waals surface area contributed by atoms with E-state index in [1.807, 2.05) is 20.8 Å². The molecule has 0 aromatic rings. The highest BCUT2D eigenvalue weighted by Crippen LogP contribution is 2.07. The molecule has 0 aliphatic carbocycles. The second kappa shape index (κ2) is 7.60. The van der Waals surface area contributed by atoms with Crippen molar-refractivity contribution in [3.8, 4) is 0 Å². The minimum Gasteiger partial charge on any atom is -1.00 e. The van der Waals surface area contributed by atoms with Gasteiger partial charge in [-0.25, -0.2) is 9.78 Å². The lowest BCUT2D eigenvalue weighted by atomic mass is 10.2. The molecule has 0 rings (SSSR count). The van der Waals surface area contributed by atoms with Crippen LogP contribution in [0.15, 0.2) is 0 Å². The quantitative estimate of drug-likeness (QED) is 0.276. The van der Waals surface area contributed by atoms with E-state index in [4.69, 9.17) is 9.78 Å². The van der Waals surface area contributed by atoms with Crippen LogP contribution in [-0.2, 0) is 9.78 Å². The van der Waals surface area contributed by atoms with Crippen LogP contribution in [0.25, 0.3) is 0 Å². The van der Waals surface area contributed by atoms with E-state index in [1.54, 1.807) is 0 Å². The predicted molar refractivity (Wildman–Crippen MR) is 58.9 cm³/mol. The van der Waals surface area contributed by atoms with Crippen molar-refractivity contribution >= 4 is 0 Å². The van der Waals surface area contributed by atoms with Gasteiger partial charge in [0, 0.05) is 0 Å². The molecule has 0 aromatic heterocycles. The van der Waals surface area contributed by atoms with Crippen LogP contribution in [0.5, 0.6) is 0 Å². The summed E-state index contributed by atoms with van der Waals surface area (Å²) in [6.45, 7) is 7.83. The monoisotopic (exact) mass is 283 g/mol.